The molecule has 0 aliphatic rings. The van der Waals surface area contributed by atoms with Crippen LogP contribution in [0.15, 0.2) is 24.3 Å². The number of carboxylic acids is 1. The Morgan fingerprint density at radius 1 is 1.50 bits per heavy atom. The maximum Gasteiger partial charge on any atom is 0.328 e. The van der Waals surface area contributed by atoms with E-state index in [4.69, 9.17) is 10.2 Å². The molecule has 1 rings (SSSR count). The van der Waals surface area contributed by atoms with E-state index < -0.39 is 24.4 Å². The number of nitrogens with one attached hydrogen (secondary N) is 1. The minimum atomic E-state index is -1.23. The molecule has 1 atom stereocenters. The summed E-state index contributed by atoms with van der Waals surface area (Å²) in [7, 11) is 0. The number of aliphatic hydroxyl groups is 1. The van der Waals surface area contributed by atoms with Crippen LogP contribution >= 0.6 is 0 Å². The van der Waals surface area contributed by atoms with Gasteiger partial charge in [0.25, 0.3) is 0 Å². The second-order valence-electron chi connectivity index (χ2n) is 2.70. The van der Waals surface area contributed by atoms with Crippen molar-refractivity contribution >= 4 is 11.7 Å². The van der Waals surface area contributed by atoms with Crippen molar-refractivity contribution in [1.82, 2.24) is 0 Å². The zero-order valence-electron chi connectivity index (χ0n) is 7.27. The second-order valence-corrected chi connectivity index (χ2v) is 2.70. The molecule has 0 heterocycles. The predicted octanol–water partition coefficient (Wildman–Crippen LogP) is 0.683. The van der Waals surface area contributed by atoms with Gasteiger partial charge in [0.05, 0.1) is 12.3 Å². The number of hydrogen-bond donors (Lipinski definition) is 3. The third-order valence-corrected chi connectivity index (χ3v) is 1.68. The fourth-order valence-electron chi connectivity index (χ4n) is 0.951. The van der Waals surface area contributed by atoms with E-state index in [1.54, 1.807) is 6.07 Å². The Bertz CT molecular complexity index is 330. The van der Waals surface area contributed by atoms with Crippen LogP contribution in [-0.4, -0.2) is 28.8 Å². The van der Waals surface area contributed by atoms with E-state index >= 15 is 0 Å². The van der Waals surface area contributed by atoms with Gasteiger partial charge in [0.1, 0.15) is 11.9 Å². The number of hydrogen-bond acceptors (Lipinski definition) is 3. The molecule has 1 aromatic rings. The number of para-hydroxylation sites is 1. The first-order valence-electron chi connectivity index (χ1n) is 4.00. The molecule has 0 aromatic heterocycles. The number of aliphatic hydroxyl groups excluding tert-OH is 1. The molecule has 0 saturated heterocycles. The highest BCUT2D eigenvalue weighted by Crippen LogP contribution is 2.13. The molecular weight excluding hydrogens is 189 g/mol. The molecule has 3 N–H and O–H groups in total. The lowest BCUT2D eigenvalue weighted by molar-refractivity contribution is -0.138. The average molecular weight is 199 g/mol. The van der Waals surface area contributed by atoms with E-state index in [1.165, 1.54) is 18.2 Å². The van der Waals surface area contributed by atoms with Crippen molar-refractivity contribution in [2.75, 3.05) is 11.9 Å². The topological polar surface area (TPSA) is 69.6 Å². The highest BCUT2D eigenvalue weighted by molar-refractivity contribution is 5.77. The van der Waals surface area contributed by atoms with E-state index in [-0.39, 0.29) is 5.69 Å². The van der Waals surface area contributed by atoms with Crippen LogP contribution in [0, 0.1) is 5.82 Å². The molecule has 76 valence electrons. The summed E-state index contributed by atoms with van der Waals surface area (Å²) in [6, 6.07) is 4.49. The number of carbonyl (C=O) groups is 1. The first-order chi connectivity index (χ1) is 6.65. The minimum absolute atomic E-state index is 0.0638. The molecule has 0 aliphatic heterocycles. The SMILES string of the molecule is O=C(O)[C@H](CO)Nc1ccccc1F. The number of rotatable bonds is 4. The molecule has 5 heteroatoms. The largest absolute Gasteiger partial charge is 0.480 e. The van der Waals surface area contributed by atoms with Crippen LogP contribution in [-0.2, 0) is 4.79 Å². The summed E-state index contributed by atoms with van der Waals surface area (Å²) in [5.74, 6) is -1.78. The first-order valence-corrected chi connectivity index (χ1v) is 4.00. The molecule has 0 bridgehead atoms. The summed E-state index contributed by atoms with van der Waals surface area (Å²) in [4.78, 5) is 10.5. The lowest BCUT2D eigenvalue weighted by Crippen LogP contribution is -2.33. The summed E-state index contributed by atoms with van der Waals surface area (Å²) in [6.07, 6.45) is 0. The van der Waals surface area contributed by atoms with Crippen molar-refractivity contribution in [3.8, 4) is 0 Å². The minimum Gasteiger partial charge on any atom is -0.480 e. The lowest BCUT2D eigenvalue weighted by atomic mass is 10.2. The van der Waals surface area contributed by atoms with Gasteiger partial charge >= 0.3 is 5.97 Å². The van der Waals surface area contributed by atoms with Crippen LogP contribution in [0.4, 0.5) is 10.1 Å². The van der Waals surface area contributed by atoms with Crippen molar-refractivity contribution in [1.29, 1.82) is 0 Å². The zero-order chi connectivity index (χ0) is 10.6. The van der Waals surface area contributed by atoms with E-state index in [9.17, 15) is 9.18 Å². The van der Waals surface area contributed by atoms with Gasteiger partial charge in [-0.25, -0.2) is 9.18 Å². The lowest BCUT2D eigenvalue weighted by Gasteiger charge is -2.13. The average Bonchev–Trinajstić information content (AvgIpc) is 2.16. The maximum absolute atomic E-state index is 13.0. The van der Waals surface area contributed by atoms with Crippen LogP contribution < -0.4 is 5.32 Å². The van der Waals surface area contributed by atoms with Crippen molar-refractivity contribution < 1.29 is 19.4 Å². The van der Waals surface area contributed by atoms with Crippen LogP contribution in [0.1, 0.15) is 0 Å². The molecule has 1 aromatic carbocycles. The Morgan fingerprint density at radius 3 is 2.64 bits per heavy atom. The zero-order valence-corrected chi connectivity index (χ0v) is 7.27. The van der Waals surface area contributed by atoms with Gasteiger partial charge in [-0.05, 0) is 12.1 Å². The van der Waals surface area contributed by atoms with Gasteiger partial charge in [0.15, 0.2) is 0 Å². The third kappa shape index (κ3) is 2.43. The van der Waals surface area contributed by atoms with Gasteiger partial charge in [-0.3, -0.25) is 0 Å². The molecule has 0 fully saturated rings. The summed E-state index contributed by atoms with van der Waals surface area (Å²) < 4.78 is 13.0. The molecule has 14 heavy (non-hydrogen) atoms. The number of aliphatic carboxylic acids is 1. The standard InChI is InChI=1S/C9H10FNO3/c10-6-3-1-2-4-7(6)11-8(5-12)9(13)14/h1-4,8,11-12H,5H2,(H,13,14)/t8-/m0/s1. The van der Waals surface area contributed by atoms with Gasteiger partial charge in [-0.1, -0.05) is 12.1 Å². The molecule has 0 radical (unpaired) electrons. The van der Waals surface area contributed by atoms with E-state index in [0.717, 1.165) is 0 Å². The third-order valence-electron chi connectivity index (χ3n) is 1.68. The van der Waals surface area contributed by atoms with Crippen LogP contribution in [0.2, 0.25) is 0 Å². The predicted molar refractivity (Wildman–Crippen MR) is 48.5 cm³/mol. The van der Waals surface area contributed by atoms with Crippen molar-refractivity contribution in [3.63, 3.8) is 0 Å². The van der Waals surface area contributed by atoms with Gasteiger partial charge < -0.3 is 15.5 Å². The van der Waals surface area contributed by atoms with Crippen molar-refractivity contribution in [2.45, 2.75) is 6.04 Å². The van der Waals surface area contributed by atoms with E-state index in [2.05, 4.69) is 5.32 Å². The molecule has 0 saturated carbocycles. The summed E-state index contributed by atoms with van der Waals surface area (Å²) >= 11 is 0. The van der Waals surface area contributed by atoms with Gasteiger partial charge in [-0.15, -0.1) is 0 Å². The molecule has 0 amide bonds. The van der Waals surface area contributed by atoms with E-state index in [0.29, 0.717) is 0 Å². The van der Waals surface area contributed by atoms with Gasteiger partial charge in [-0.2, -0.15) is 0 Å². The Morgan fingerprint density at radius 2 is 2.14 bits per heavy atom. The molecular formula is C9H10FNO3. The summed E-state index contributed by atoms with van der Waals surface area (Å²) in [5.41, 5.74) is 0.0638. The Labute approximate surface area is 80.0 Å². The highest BCUT2D eigenvalue weighted by atomic mass is 19.1. The van der Waals surface area contributed by atoms with Crippen LogP contribution in [0.5, 0.6) is 0 Å². The Kier molecular flexibility index (Phi) is 3.41. The highest BCUT2D eigenvalue weighted by Gasteiger charge is 2.16. The molecule has 4 nitrogen and oxygen atoms in total. The molecule has 0 unspecified atom stereocenters. The van der Waals surface area contributed by atoms with E-state index in [1.807, 2.05) is 0 Å². The van der Waals surface area contributed by atoms with Crippen LogP contribution in [0.25, 0.3) is 0 Å². The maximum atomic E-state index is 13.0. The fourth-order valence-corrected chi connectivity index (χ4v) is 0.951. The Hall–Kier alpha value is -1.62. The monoisotopic (exact) mass is 199 g/mol. The van der Waals surface area contributed by atoms with Crippen molar-refractivity contribution in [3.05, 3.63) is 30.1 Å². The van der Waals surface area contributed by atoms with Crippen molar-refractivity contribution in [2.24, 2.45) is 0 Å². The number of benzene rings is 1. The first kappa shape index (κ1) is 10.5. The summed E-state index contributed by atoms with van der Waals surface area (Å²) in [5, 5.41) is 19.6. The summed E-state index contributed by atoms with van der Waals surface area (Å²) in [6.45, 7) is -0.594. The Balaban J connectivity index is 2.77. The normalized spacial score (nSPS) is 12.1. The smallest absolute Gasteiger partial charge is 0.328 e. The van der Waals surface area contributed by atoms with Crippen LogP contribution in [0.3, 0.4) is 0 Å². The number of carboxylic acid groups (broad SMARTS) is 1. The molecule has 0 aliphatic carbocycles. The quantitative estimate of drug-likeness (QED) is 0.667. The second kappa shape index (κ2) is 4.57. The van der Waals surface area contributed by atoms with Gasteiger partial charge in [0.2, 0.25) is 0 Å². The fraction of sp³-hybridized carbons (Fsp3) is 0.222. The van der Waals surface area contributed by atoms with Gasteiger partial charge in [0, 0.05) is 0 Å². The molecule has 0 spiro atoms. The number of halogens is 1. The number of anilines is 1.